The molecule has 1 saturated carbocycles. The molecule has 152 valence electrons. The Kier molecular flexibility index (Phi) is 7.20. The van der Waals surface area contributed by atoms with Gasteiger partial charge in [0.25, 0.3) is 5.56 Å². The SMILES string of the molecule is CC(C)Cn1c(SC(C)C(=O)NC2CCCCC2)nc2ccc(Br)cc2c1=O. The monoisotopic (exact) mass is 465 g/mol. The largest absolute Gasteiger partial charge is 0.352 e. The van der Waals surface area contributed by atoms with Crippen molar-refractivity contribution in [2.24, 2.45) is 5.92 Å². The van der Waals surface area contributed by atoms with E-state index >= 15 is 0 Å². The van der Waals surface area contributed by atoms with Crippen LogP contribution in [0.4, 0.5) is 0 Å². The normalized spacial score (nSPS) is 16.5. The average Bonchev–Trinajstić information content (AvgIpc) is 2.66. The van der Waals surface area contributed by atoms with Crippen molar-refractivity contribution in [3.8, 4) is 0 Å². The zero-order valence-electron chi connectivity index (χ0n) is 16.7. The third kappa shape index (κ3) is 5.17. The van der Waals surface area contributed by atoms with Crippen molar-refractivity contribution < 1.29 is 4.79 Å². The first-order valence-corrected chi connectivity index (χ1v) is 11.7. The minimum absolute atomic E-state index is 0.0261. The Morgan fingerprint density at radius 3 is 2.68 bits per heavy atom. The second kappa shape index (κ2) is 9.44. The van der Waals surface area contributed by atoms with Crippen LogP contribution < -0.4 is 10.9 Å². The van der Waals surface area contributed by atoms with Gasteiger partial charge in [0.2, 0.25) is 5.91 Å². The first-order chi connectivity index (χ1) is 13.3. The van der Waals surface area contributed by atoms with Gasteiger partial charge >= 0.3 is 0 Å². The molecule has 0 bridgehead atoms. The van der Waals surface area contributed by atoms with Gasteiger partial charge < -0.3 is 5.32 Å². The third-order valence-electron chi connectivity index (χ3n) is 5.03. The topological polar surface area (TPSA) is 64.0 Å². The lowest BCUT2D eigenvalue weighted by Gasteiger charge is -2.24. The van der Waals surface area contributed by atoms with E-state index in [2.05, 4.69) is 35.1 Å². The van der Waals surface area contributed by atoms with Crippen LogP contribution in [-0.4, -0.2) is 26.8 Å². The Morgan fingerprint density at radius 1 is 1.29 bits per heavy atom. The average molecular weight is 466 g/mol. The van der Waals surface area contributed by atoms with Crippen molar-refractivity contribution >= 4 is 44.5 Å². The van der Waals surface area contributed by atoms with E-state index < -0.39 is 0 Å². The predicted octanol–water partition coefficient (Wildman–Crippen LogP) is 4.74. The minimum Gasteiger partial charge on any atom is -0.352 e. The summed E-state index contributed by atoms with van der Waals surface area (Å²) in [7, 11) is 0. The summed E-state index contributed by atoms with van der Waals surface area (Å²) in [5, 5.41) is 4.08. The number of carbonyl (C=O) groups excluding carboxylic acids is 1. The molecular weight excluding hydrogens is 438 g/mol. The van der Waals surface area contributed by atoms with Crippen molar-refractivity contribution in [1.29, 1.82) is 0 Å². The molecule has 1 N–H and O–H groups in total. The van der Waals surface area contributed by atoms with E-state index in [-0.39, 0.29) is 22.8 Å². The molecule has 1 fully saturated rings. The predicted molar refractivity (Wildman–Crippen MR) is 119 cm³/mol. The number of rotatable bonds is 6. The molecule has 5 nitrogen and oxygen atoms in total. The molecular formula is C21H28BrN3O2S. The summed E-state index contributed by atoms with van der Waals surface area (Å²) < 4.78 is 2.57. The number of hydrogen-bond acceptors (Lipinski definition) is 4. The van der Waals surface area contributed by atoms with Crippen LogP contribution >= 0.6 is 27.7 Å². The second-order valence-electron chi connectivity index (χ2n) is 7.97. The smallest absolute Gasteiger partial charge is 0.262 e. The zero-order valence-corrected chi connectivity index (χ0v) is 19.1. The van der Waals surface area contributed by atoms with Gasteiger partial charge in [-0.15, -0.1) is 0 Å². The highest BCUT2D eigenvalue weighted by Gasteiger charge is 2.23. The molecule has 28 heavy (non-hydrogen) atoms. The lowest BCUT2D eigenvalue weighted by molar-refractivity contribution is -0.121. The Morgan fingerprint density at radius 2 is 2.00 bits per heavy atom. The number of fused-ring (bicyclic) bond motifs is 1. The summed E-state index contributed by atoms with van der Waals surface area (Å²) >= 11 is 4.80. The number of benzene rings is 1. The van der Waals surface area contributed by atoms with E-state index in [9.17, 15) is 9.59 Å². The molecule has 1 aliphatic rings. The molecule has 1 amide bonds. The molecule has 3 rings (SSSR count). The van der Waals surface area contributed by atoms with Crippen molar-refractivity contribution in [2.75, 3.05) is 0 Å². The Bertz CT molecular complexity index is 906. The first kappa shape index (κ1) is 21.4. The highest BCUT2D eigenvalue weighted by Crippen LogP contribution is 2.25. The summed E-state index contributed by atoms with van der Waals surface area (Å²) in [6, 6.07) is 5.82. The molecule has 1 atom stereocenters. The maximum absolute atomic E-state index is 13.1. The van der Waals surface area contributed by atoms with Gasteiger partial charge in [-0.2, -0.15) is 0 Å². The molecule has 1 aliphatic carbocycles. The number of thioether (sulfide) groups is 1. The molecule has 1 aromatic carbocycles. The van der Waals surface area contributed by atoms with Crippen LogP contribution in [0.15, 0.2) is 32.6 Å². The Labute approximate surface area is 178 Å². The summed E-state index contributed by atoms with van der Waals surface area (Å²) in [5.74, 6) is 0.327. The van der Waals surface area contributed by atoms with Crippen LogP contribution in [-0.2, 0) is 11.3 Å². The van der Waals surface area contributed by atoms with Crippen molar-refractivity contribution in [1.82, 2.24) is 14.9 Å². The number of amides is 1. The van der Waals surface area contributed by atoms with Gasteiger partial charge in [0.15, 0.2) is 5.16 Å². The molecule has 1 heterocycles. The first-order valence-electron chi connectivity index (χ1n) is 10.0. The summed E-state index contributed by atoms with van der Waals surface area (Å²) in [6.45, 7) is 6.62. The van der Waals surface area contributed by atoms with Gasteiger partial charge in [0.1, 0.15) is 0 Å². The van der Waals surface area contributed by atoms with Crippen LogP contribution in [0.5, 0.6) is 0 Å². The van der Waals surface area contributed by atoms with Gasteiger partial charge in [-0.1, -0.05) is 60.8 Å². The highest BCUT2D eigenvalue weighted by molar-refractivity contribution is 9.10. The molecule has 2 aromatic rings. The van der Waals surface area contributed by atoms with Crippen LogP contribution in [0.3, 0.4) is 0 Å². The summed E-state index contributed by atoms with van der Waals surface area (Å²) in [6.07, 6.45) is 5.74. The summed E-state index contributed by atoms with van der Waals surface area (Å²) in [4.78, 5) is 30.5. The number of hydrogen-bond donors (Lipinski definition) is 1. The van der Waals surface area contributed by atoms with Gasteiger partial charge in [-0.05, 0) is 43.9 Å². The molecule has 7 heteroatoms. The van der Waals surface area contributed by atoms with Crippen LogP contribution in [0.1, 0.15) is 52.9 Å². The van der Waals surface area contributed by atoms with E-state index in [1.165, 1.54) is 31.0 Å². The molecule has 0 saturated heterocycles. The standard InChI is InChI=1S/C21H28BrN3O2S/c1-13(2)12-25-20(27)17-11-15(22)9-10-18(17)24-21(25)28-14(3)19(26)23-16-7-5-4-6-8-16/h9-11,13-14,16H,4-8,12H2,1-3H3,(H,23,26). The Hall–Kier alpha value is -1.34. The quantitative estimate of drug-likeness (QED) is 0.493. The van der Waals surface area contributed by atoms with Crippen LogP contribution in [0, 0.1) is 5.92 Å². The van der Waals surface area contributed by atoms with Gasteiger partial charge in [0, 0.05) is 17.1 Å². The second-order valence-corrected chi connectivity index (χ2v) is 10.2. The fraction of sp³-hybridized carbons (Fsp3) is 0.571. The fourth-order valence-electron chi connectivity index (χ4n) is 3.57. The summed E-state index contributed by atoms with van der Waals surface area (Å²) in [5.41, 5.74) is 0.609. The van der Waals surface area contributed by atoms with Crippen molar-refractivity contribution in [3.63, 3.8) is 0 Å². The Balaban J connectivity index is 1.86. The molecule has 0 spiro atoms. The van der Waals surface area contributed by atoms with Crippen molar-refractivity contribution in [3.05, 3.63) is 33.0 Å². The number of aromatic nitrogens is 2. The van der Waals surface area contributed by atoms with Gasteiger partial charge in [-0.25, -0.2) is 4.98 Å². The van der Waals surface area contributed by atoms with E-state index in [0.717, 1.165) is 17.3 Å². The number of nitrogens with zero attached hydrogens (tertiary/aromatic N) is 2. The molecule has 0 aliphatic heterocycles. The van der Waals surface area contributed by atoms with Crippen molar-refractivity contribution in [2.45, 2.75) is 75.9 Å². The number of halogens is 1. The third-order valence-corrected chi connectivity index (χ3v) is 6.62. The molecule has 1 aromatic heterocycles. The lowest BCUT2D eigenvalue weighted by Crippen LogP contribution is -2.40. The number of carbonyl (C=O) groups is 1. The minimum atomic E-state index is -0.305. The van der Waals surface area contributed by atoms with Gasteiger partial charge in [0.05, 0.1) is 16.2 Å². The fourth-order valence-corrected chi connectivity index (χ4v) is 4.85. The zero-order chi connectivity index (χ0) is 20.3. The van der Waals surface area contributed by atoms with E-state index in [1.807, 2.05) is 25.1 Å². The van der Waals surface area contributed by atoms with Gasteiger partial charge in [-0.3, -0.25) is 14.2 Å². The highest BCUT2D eigenvalue weighted by atomic mass is 79.9. The van der Waals surface area contributed by atoms with E-state index in [1.54, 1.807) is 4.57 Å². The van der Waals surface area contributed by atoms with E-state index in [0.29, 0.717) is 28.5 Å². The van der Waals surface area contributed by atoms with Crippen LogP contribution in [0.2, 0.25) is 0 Å². The van der Waals surface area contributed by atoms with Crippen LogP contribution in [0.25, 0.3) is 10.9 Å². The number of nitrogens with one attached hydrogen (secondary N) is 1. The maximum atomic E-state index is 13.1. The molecule has 0 radical (unpaired) electrons. The lowest BCUT2D eigenvalue weighted by atomic mass is 9.95. The molecule has 1 unspecified atom stereocenters. The van der Waals surface area contributed by atoms with E-state index in [4.69, 9.17) is 4.98 Å². The maximum Gasteiger partial charge on any atom is 0.262 e.